The van der Waals surface area contributed by atoms with Crippen LogP contribution in [-0.4, -0.2) is 91.8 Å². The van der Waals surface area contributed by atoms with Crippen molar-refractivity contribution in [2.24, 2.45) is 7.05 Å². The van der Waals surface area contributed by atoms with Gasteiger partial charge in [-0.3, -0.25) is 18.9 Å². The van der Waals surface area contributed by atoms with Crippen molar-refractivity contribution in [1.29, 1.82) is 0 Å². The molecule has 0 aliphatic carbocycles. The second-order valence-electron chi connectivity index (χ2n) is 12.9. The number of thioether (sulfide) groups is 1. The molecule has 254 valence electrons. The number of amides is 1. The molecule has 3 aliphatic rings. The molecule has 3 aliphatic heterocycles. The first-order valence-corrected chi connectivity index (χ1v) is 16.8. The van der Waals surface area contributed by atoms with Gasteiger partial charge in [0.1, 0.15) is 17.8 Å². The van der Waals surface area contributed by atoms with E-state index in [9.17, 15) is 18.4 Å². The number of piperazine rings is 1. The molecular weight excluding hydrogens is 653 g/mol. The van der Waals surface area contributed by atoms with Gasteiger partial charge in [-0.15, -0.1) is 11.8 Å². The molecule has 4 atom stereocenters. The number of anilines is 1. The quantitative estimate of drug-likeness (QED) is 0.205. The number of carbonyl (C=O) groups is 1. The van der Waals surface area contributed by atoms with Crippen LogP contribution >= 0.6 is 11.8 Å². The van der Waals surface area contributed by atoms with Crippen LogP contribution in [0, 0.1) is 5.82 Å². The van der Waals surface area contributed by atoms with Crippen molar-refractivity contribution >= 4 is 45.3 Å². The molecule has 2 saturated heterocycles. The lowest BCUT2D eigenvalue weighted by molar-refractivity contribution is -0.137. The standard InChI is InChI=1S/C33H34F5N7O2S/c1-5-26(46)44-17(2)12-43(13-18(44)3)31-22-10-24(33(36,37)38)27(21-6-7-25(35)23-11-39-41(4)28(21)23)30-29(22)45(32(47)40-31)20(16-48-30)15-42-9-8-19(34)14-42/h5-7,10-11,17-20H,1,8-9,12-16H2,2-4H3/t17-,18+,19?,20?. The average molecular weight is 688 g/mol. The molecule has 2 fully saturated rings. The Kier molecular flexibility index (Phi) is 8.05. The molecule has 0 saturated carbocycles. The number of aromatic nitrogens is 4. The van der Waals surface area contributed by atoms with E-state index >= 15 is 13.2 Å². The van der Waals surface area contributed by atoms with Crippen LogP contribution < -0.4 is 10.6 Å². The fourth-order valence-electron chi connectivity index (χ4n) is 7.70. The van der Waals surface area contributed by atoms with E-state index in [0.717, 1.165) is 12.1 Å². The fourth-order valence-corrected chi connectivity index (χ4v) is 9.02. The summed E-state index contributed by atoms with van der Waals surface area (Å²) in [7, 11) is 1.54. The number of fused-ring (bicyclic) bond motifs is 1. The van der Waals surface area contributed by atoms with Gasteiger partial charge in [-0.2, -0.15) is 23.3 Å². The number of halogens is 5. The lowest BCUT2D eigenvalue weighted by Gasteiger charge is -2.45. The molecule has 2 unspecified atom stereocenters. The van der Waals surface area contributed by atoms with E-state index in [1.807, 2.05) is 18.7 Å². The van der Waals surface area contributed by atoms with E-state index in [1.54, 1.807) is 16.8 Å². The Labute approximate surface area is 277 Å². The van der Waals surface area contributed by atoms with Gasteiger partial charge in [0.05, 0.1) is 34.2 Å². The molecule has 0 bridgehead atoms. The fraction of sp³-hybridized carbons (Fsp3) is 0.455. The molecule has 7 rings (SSSR count). The summed E-state index contributed by atoms with van der Waals surface area (Å²) in [5.74, 6) is -0.530. The molecule has 0 spiro atoms. The number of hydrogen-bond donors (Lipinski definition) is 0. The zero-order chi connectivity index (χ0) is 34.2. The molecule has 2 aromatic heterocycles. The monoisotopic (exact) mass is 687 g/mol. The van der Waals surface area contributed by atoms with E-state index in [4.69, 9.17) is 0 Å². The van der Waals surface area contributed by atoms with Crippen LogP contribution in [0.3, 0.4) is 0 Å². The first-order chi connectivity index (χ1) is 22.8. The summed E-state index contributed by atoms with van der Waals surface area (Å²) in [6, 6.07) is 2.31. The van der Waals surface area contributed by atoms with Crippen molar-refractivity contribution in [1.82, 2.24) is 29.1 Å². The Morgan fingerprint density at radius 3 is 2.50 bits per heavy atom. The highest BCUT2D eigenvalue weighted by Gasteiger charge is 2.41. The predicted molar refractivity (Wildman–Crippen MR) is 175 cm³/mol. The van der Waals surface area contributed by atoms with Crippen molar-refractivity contribution in [3.63, 3.8) is 0 Å². The summed E-state index contributed by atoms with van der Waals surface area (Å²) in [4.78, 5) is 36.7. The summed E-state index contributed by atoms with van der Waals surface area (Å²) in [6.45, 7) is 8.75. The Morgan fingerprint density at radius 2 is 1.85 bits per heavy atom. The highest BCUT2D eigenvalue weighted by atomic mass is 32.2. The molecule has 48 heavy (non-hydrogen) atoms. The molecule has 1 amide bonds. The van der Waals surface area contributed by atoms with Gasteiger partial charge in [-0.05, 0) is 44.5 Å². The number of carbonyl (C=O) groups excluding carboxylic acids is 1. The van der Waals surface area contributed by atoms with Crippen LogP contribution in [0.2, 0.25) is 0 Å². The number of alkyl halides is 4. The zero-order valence-electron chi connectivity index (χ0n) is 26.6. The minimum Gasteiger partial charge on any atom is -0.352 e. The highest BCUT2D eigenvalue weighted by Crippen LogP contribution is 2.51. The molecule has 9 nitrogen and oxygen atoms in total. The van der Waals surface area contributed by atoms with Gasteiger partial charge < -0.3 is 9.80 Å². The van der Waals surface area contributed by atoms with Gasteiger partial charge in [0.15, 0.2) is 0 Å². The van der Waals surface area contributed by atoms with Crippen LogP contribution in [0.25, 0.3) is 32.9 Å². The minimum absolute atomic E-state index is 0.0756. The van der Waals surface area contributed by atoms with E-state index in [-0.39, 0.29) is 81.5 Å². The Hall–Kier alpha value is -3.98. The zero-order valence-corrected chi connectivity index (χ0v) is 27.4. The number of benzene rings is 2. The van der Waals surface area contributed by atoms with Crippen molar-refractivity contribution in [3.05, 3.63) is 58.9 Å². The molecule has 0 N–H and O–H groups in total. The smallest absolute Gasteiger partial charge is 0.352 e. The predicted octanol–water partition coefficient (Wildman–Crippen LogP) is 5.41. The number of rotatable bonds is 5. The van der Waals surface area contributed by atoms with Gasteiger partial charge in [-0.25, -0.2) is 13.6 Å². The topological polar surface area (TPSA) is 79.5 Å². The van der Waals surface area contributed by atoms with Gasteiger partial charge in [-0.1, -0.05) is 6.58 Å². The second-order valence-corrected chi connectivity index (χ2v) is 13.9. The summed E-state index contributed by atoms with van der Waals surface area (Å²) < 4.78 is 77.6. The van der Waals surface area contributed by atoms with Crippen molar-refractivity contribution < 1.29 is 26.7 Å². The molecule has 15 heteroatoms. The van der Waals surface area contributed by atoms with Gasteiger partial charge in [0.2, 0.25) is 5.91 Å². The average Bonchev–Trinajstić information content (AvgIpc) is 3.63. The maximum Gasteiger partial charge on any atom is 0.417 e. The third-order valence-corrected chi connectivity index (χ3v) is 10.9. The third kappa shape index (κ3) is 5.25. The maximum atomic E-state index is 15.2. The largest absolute Gasteiger partial charge is 0.417 e. The number of aryl methyl sites for hydroxylation is 1. The first-order valence-electron chi connectivity index (χ1n) is 15.8. The lowest BCUT2D eigenvalue weighted by Crippen LogP contribution is -2.58. The van der Waals surface area contributed by atoms with E-state index < -0.39 is 35.5 Å². The minimum atomic E-state index is -4.84. The highest BCUT2D eigenvalue weighted by molar-refractivity contribution is 7.99. The Morgan fingerprint density at radius 1 is 1.12 bits per heavy atom. The van der Waals surface area contributed by atoms with Crippen LogP contribution in [0.5, 0.6) is 0 Å². The number of hydrogen-bond acceptors (Lipinski definition) is 7. The summed E-state index contributed by atoms with van der Waals surface area (Å²) in [5, 5.41) is 4.36. The Bertz CT molecular complexity index is 2020. The normalized spacial score (nSPS) is 23.4. The summed E-state index contributed by atoms with van der Waals surface area (Å²) >= 11 is 1.21. The van der Waals surface area contributed by atoms with Gasteiger partial charge in [0.25, 0.3) is 0 Å². The third-order valence-electron chi connectivity index (χ3n) is 9.68. The van der Waals surface area contributed by atoms with Crippen LogP contribution in [-0.2, 0) is 18.0 Å². The summed E-state index contributed by atoms with van der Waals surface area (Å²) in [6.07, 6.45) is -2.94. The van der Waals surface area contributed by atoms with Crippen molar-refractivity contribution in [2.75, 3.05) is 43.4 Å². The van der Waals surface area contributed by atoms with E-state index in [1.165, 1.54) is 39.4 Å². The first kappa shape index (κ1) is 32.6. The van der Waals surface area contributed by atoms with Crippen LogP contribution in [0.15, 0.2) is 46.7 Å². The lowest BCUT2D eigenvalue weighted by atomic mass is 9.94. The molecule has 0 radical (unpaired) electrons. The molecule has 5 heterocycles. The summed E-state index contributed by atoms with van der Waals surface area (Å²) in [5.41, 5.74) is -1.10. The van der Waals surface area contributed by atoms with Crippen LogP contribution in [0.4, 0.5) is 27.8 Å². The van der Waals surface area contributed by atoms with Crippen molar-refractivity contribution in [3.8, 4) is 11.1 Å². The maximum absolute atomic E-state index is 15.2. The second kappa shape index (κ2) is 11.9. The Balaban J connectivity index is 1.51. The van der Waals surface area contributed by atoms with Crippen molar-refractivity contribution in [2.45, 2.75) is 55.6 Å². The van der Waals surface area contributed by atoms with E-state index in [2.05, 4.69) is 16.7 Å². The van der Waals surface area contributed by atoms with Gasteiger partial charge >= 0.3 is 11.9 Å². The molecule has 4 aromatic rings. The van der Waals surface area contributed by atoms with Gasteiger partial charge in [0, 0.05) is 79.0 Å². The SMILES string of the molecule is C=CC(=O)N1[C@H](C)CN(c2nc(=O)n3c4c(c(-c5ccc(F)c6cnn(C)c56)c(C(F)(F)F)cc24)SCC3CN2CCC(F)C2)C[C@@H]1C. The molecule has 2 aromatic carbocycles. The van der Waals surface area contributed by atoms with E-state index in [0.29, 0.717) is 25.0 Å². The molecular formula is C33H34F5N7O2S. The number of likely N-dealkylation sites (tertiary alicyclic amines) is 1. The number of nitrogens with zero attached hydrogens (tertiary/aromatic N) is 7. The van der Waals surface area contributed by atoms with Crippen LogP contribution in [0.1, 0.15) is 31.9 Å².